The summed E-state index contributed by atoms with van der Waals surface area (Å²) in [6.45, 7) is 4.41. The minimum Gasteiger partial charge on any atom is -0.390 e. The summed E-state index contributed by atoms with van der Waals surface area (Å²) < 4.78 is 14.3. The molecule has 22 heavy (non-hydrogen) atoms. The van der Waals surface area contributed by atoms with Crippen LogP contribution >= 0.6 is 0 Å². The van der Waals surface area contributed by atoms with Gasteiger partial charge < -0.3 is 10.2 Å². The molecule has 4 rings (SSSR count). The average Bonchev–Trinajstić information content (AvgIpc) is 2.68. The Balaban J connectivity index is 1.72. The number of hydrogen-bond donors (Lipinski definition) is 2. The molecule has 0 heterocycles. The number of fused-ring (bicyclic) bond motifs is 5. The molecule has 3 fully saturated rings. The molecule has 0 bridgehead atoms. The molecule has 3 saturated carbocycles. The van der Waals surface area contributed by atoms with Crippen LogP contribution in [0.4, 0.5) is 4.39 Å². The fourth-order valence-electron chi connectivity index (χ4n) is 6.77. The highest BCUT2D eigenvalue weighted by atomic mass is 19.1. The van der Waals surface area contributed by atoms with Crippen molar-refractivity contribution in [2.45, 2.75) is 77.2 Å². The van der Waals surface area contributed by atoms with Crippen LogP contribution in [0.1, 0.15) is 58.8 Å². The number of halogens is 1. The fraction of sp³-hybridized carbons (Fsp3) is 0.895. The van der Waals surface area contributed by atoms with Crippen molar-refractivity contribution in [3.8, 4) is 0 Å². The molecule has 0 aromatic rings. The zero-order valence-electron chi connectivity index (χ0n) is 13.8. The smallest absolute Gasteiger partial charge is 0.152 e. The zero-order chi connectivity index (χ0) is 15.7. The summed E-state index contributed by atoms with van der Waals surface area (Å²) in [6, 6.07) is 0. The molecule has 4 aliphatic carbocycles. The molecule has 4 aliphatic rings. The van der Waals surface area contributed by atoms with E-state index >= 15 is 0 Å². The molecular formula is C19H29FO2. The van der Waals surface area contributed by atoms with Gasteiger partial charge in [0.25, 0.3) is 0 Å². The first-order valence-electron chi connectivity index (χ1n) is 9.09. The van der Waals surface area contributed by atoms with Gasteiger partial charge in [-0.15, -0.1) is 0 Å². The van der Waals surface area contributed by atoms with E-state index in [4.69, 9.17) is 0 Å². The van der Waals surface area contributed by atoms with Gasteiger partial charge in [-0.1, -0.05) is 25.5 Å². The fourth-order valence-corrected chi connectivity index (χ4v) is 6.77. The van der Waals surface area contributed by atoms with Crippen molar-refractivity contribution < 1.29 is 14.6 Å². The van der Waals surface area contributed by atoms with Crippen LogP contribution in [-0.2, 0) is 0 Å². The molecule has 3 heteroatoms. The summed E-state index contributed by atoms with van der Waals surface area (Å²) >= 11 is 0. The van der Waals surface area contributed by atoms with E-state index in [1.807, 2.05) is 6.92 Å². The molecule has 0 radical (unpaired) electrons. The van der Waals surface area contributed by atoms with Gasteiger partial charge in [0.2, 0.25) is 0 Å². The van der Waals surface area contributed by atoms with Gasteiger partial charge in [0.1, 0.15) is 0 Å². The van der Waals surface area contributed by atoms with Gasteiger partial charge in [0, 0.05) is 5.41 Å². The minimum atomic E-state index is -1.47. The molecule has 0 aromatic carbocycles. The second-order valence-corrected chi connectivity index (χ2v) is 8.80. The van der Waals surface area contributed by atoms with Gasteiger partial charge in [-0.3, -0.25) is 0 Å². The van der Waals surface area contributed by atoms with Crippen molar-refractivity contribution in [3.05, 3.63) is 11.6 Å². The van der Waals surface area contributed by atoms with Crippen LogP contribution < -0.4 is 0 Å². The van der Waals surface area contributed by atoms with Gasteiger partial charge in [-0.05, 0) is 68.1 Å². The Morgan fingerprint density at radius 1 is 1.18 bits per heavy atom. The van der Waals surface area contributed by atoms with Gasteiger partial charge in [-0.2, -0.15) is 0 Å². The Morgan fingerprint density at radius 3 is 2.73 bits per heavy atom. The van der Waals surface area contributed by atoms with Crippen LogP contribution in [0.5, 0.6) is 0 Å². The number of aliphatic hydroxyl groups excluding tert-OH is 2. The van der Waals surface area contributed by atoms with Gasteiger partial charge in [0.15, 0.2) is 6.17 Å². The molecule has 3 unspecified atom stereocenters. The Kier molecular flexibility index (Phi) is 3.30. The molecule has 2 N–H and O–H groups in total. The summed E-state index contributed by atoms with van der Waals surface area (Å²) in [5.41, 5.74) is 1.43. The van der Waals surface area contributed by atoms with Crippen molar-refractivity contribution in [3.63, 3.8) is 0 Å². The highest BCUT2D eigenvalue weighted by molar-refractivity contribution is 5.25. The first kappa shape index (κ1) is 15.1. The maximum absolute atomic E-state index is 14.3. The number of allylic oxidation sites excluding steroid dienone is 2. The third-order valence-electron chi connectivity index (χ3n) is 8.00. The standard InChI is InChI=1S/C19H29FO2/c1-18-9-4-3-5-11(18)6-7-12-13(18)8-10-19(2)14(12)16(21)15(20)17(19)22/h5,12-17,21-22H,3-4,6-10H2,1-2H3/t12-,13-,14-,15?,16?,17?,18+,19+/m1/s1. The Hall–Kier alpha value is -0.410. The van der Waals surface area contributed by atoms with E-state index in [9.17, 15) is 14.6 Å². The van der Waals surface area contributed by atoms with Crippen LogP contribution in [0.2, 0.25) is 0 Å². The number of aliphatic hydroxyl groups is 2. The van der Waals surface area contributed by atoms with Crippen LogP contribution in [-0.4, -0.2) is 28.6 Å². The van der Waals surface area contributed by atoms with E-state index in [0.29, 0.717) is 11.8 Å². The molecule has 8 atom stereocenters. The molecule has 0 saturated heterocycles. The topological polar surface area (TPSA) is 40.5 Å². The maximum atomic E-state index is 14.3. The van der Waals surface area contributed by atoms with Crippen molar-refractivity contribution in [1.29, 1.82) is 0 Å². The van der Waals surface area contributed by atoms with Gasteiger partial charge >= 0.3 is 0 Å². The highest BCUT2D eigenvalue weighted by Gasteiger charge is 2.65. The quantitative estimate of drug-likeness (QED) is 0.671. The van der Waals surface area contributed by atoms with E-state index in [2.05, 4.69) is 13.0 Å². The summed E-state index contributed by atoms with van der Waals surface area (Å²) in [6.07, 6.45) is 6.78. The number of alkyl halides is 1. The first-order chi connectivity index (χ1) is 10.4. The van der Waals surface area contributed by atoms with E-state index < -0.39 is 23.8 Å². The normalized spacial score (nSPS) is 57.6. The van der Waals surface area contributed by atoms with Crippen LogP contribution in [0.3, 0.4) is 0 Å². The Morgan fingerprint density at radius 2 is 1.95 bits per heavy atom. The van der Waals surface area contributed by atoms with E-state index in [1.165, 1.54) is 19.3 Å². The summed E-state index contributed by atoms with van der Waals surface area (Å²) in [5, 5.41) is 20.9. The third-order valence-corrected chi connectivity index (χ3v) is 8.00. The van der Waals surface area contributed by atoms with Crippen molar-refractivity contribution >= 4 is 0 Å². The SMILES string of the molecule is C[C@]12CCCC=C1CC[C@@H]1[C@H]2CC[C@]2(C)C(O)C(F)C(O)[C@@H]12. The lowest BCUT2D eigenvalue weighted by molar-refractivity contribution is -0.0935. The predicted molar refractivity (Wildman–Crippen MR) is 84.0 cm³/mol. The van der Waals surface area contributed by atoms with Crippen LogP contribution in [0.25, 0.3) is 0 Å². The third kappa shape index (κ3) is 1.73. The van der Waals surface area contributed by atoms with Crippen LogP contribution in [0, 0.1) is 28.6 Å². The van der Waals surface area contributed by atoms with Gasteiger partial charge in [0.05, 0.1) is 12.2 Å². The van der Waals surface area contributed by atoms with Crippen LogP contribution in [0.15, 0.2) is 11.6 Å². The second-order valence-electron chi connectivity index (χ2n) is 8.80. The van der Waals surface area contributed by atoms with Crippen molar-refractivity contribution in [2.75, 3.05) is 0 Å². The largest absolute Gasteiger partial charge is 0.390 e. The average molecular weight is 308 g/mol. The Bertz CT molecular complexity index is 504. The monoisotopic (exact) mass is 308 g/mol. The molecule has 0 spiro atoms. The van der Waals surface area contributed by atoms with Crippen molar-refractivity contribution in [1.82, 2.24) is 0 Å². The highest BCUT2D eigenvalue weighted by Crippen LogP contribution is 2.65. The maximum Gasteiger partial charge on any atom is 0.152 e. The Labute approximate surface area is 132 Å². The molecule has 0 aliphatic heterocycles. The molecule has 2 nitrogen and oxygen atoms in total. The summed E-state index contributed by atoms with van der Waals surface area (Å²) in [7, 11) is 0. The molecule has 0 amide bonds. The molecule has 0 aromatic heterocycles. The number of hydrogen-bond acceptors (Lipinski definition) is 2. The minimum absolute atomic E-state index is 0.0726. The predicted octanol–water partition coefficient (Wildman–Crippen LogP) is 3.62. The zero-order valence-corrected chi connectivity index (χ0v) is 13.8. The first-order valence-corrected chi connectivity index (χ1v) is 9.09. The van der Waals surface area contributed by atoms with E-state index in [0.717, 1.165) is 25.7 Å². The van der Waals surface area contributed by atoms with E-state index in [1.54, 1.807) is 5.57 Å². The lowest BCUT2D eigenvalue weighted by Crippen LogP contribution is -2.52. The summed E-state index contributed by atoms with van der Waals surface area (Å²) in [5.74, 6) is 0.846. The summed E-state index contributed by atoms with van der Waals surface area (Å²) in [4.78, 5) is 0. The van der Waals surface area contributed by atoms with Gasteiger partial charge in [-0.25, -0.2) is 4.39 Å². The lowest BCUT2D eigenvalue weighted by atomic mass is 9.47. The lowest BCUT2D eigenvalue weighted by Gasteiger charge is -2.58. The van der Waals surface area contributed by atoms with Crippen molar-refractivity contribution in [2.24, 2.45) is 28.6 Å². The van der Waals surface area contributed by atoms with E-state index in [-0.39, 0.29) is 11.3 Å². The molecule has 124 valence electrons. The molecular weight excluding hydrogens is 279 g/mol. The number of rotatable bonds is 0. The second kappa shape index (κ2) is 4.80.